The Bertz CT molecular complexity index is 1390. The molecule has 5 rings (SSSR count). The molecule has 1 fully saturated rings. The van der Waals surface area contributed by atoms with Crippen molar-refractivity contribution in [2.45, 2.75) is 32.0 Å². The number of aliphatic carboxylic acids is 1. The molecule has 0 spiro atoms. The van der Waals surface area contributed by atoms with Crippen LogP contribution in [-0.4, -0.2) is 71.3 Å². The van der Waals surface area contributed by atoms with Gasteiger partial charge in [0, 0.05) is 36.7 Å². The van der Waals surface area contributed by atoms with Crippen LogP contribution in [0.1, 0.15) is 18.7 Å². The highest BCUT2D eigenvalue weighted by atomic mass is 19.4. The molecule has 0 unspecified atom stereocenters. The lowest BCUT2D eigenvalue weighted by Crippen LogP contribution is -2.36. The molecule has 0 aliphatic carbocycles. The number of carbonyl (C=O) groups is 1. The van der Waals surface area contributed by atoms with Crippen LogP contribution >= 0.6 is 0 Å². The van der Waals surface area contributed by atoms with Crippen LogP contribution in [0.25, 0.3) is 16.9 Å². The first-order valence-corrected chi connectivity index (χ1v) is 11.9. The van der Waals surface area contributed by atoms with Crippen LogP contribution in [0.2, 0.25) is 0 Å². The summed E-state index contributed by atoms with van der Waals surface area (Å²) in [6, 6.07) is 13.7. The van der Waals surface area contributed by atoms with E-state index in [1.807, 2.05) is 55.6 Å². The van der Waals surface area contributed by atoms with Crippen LogP contribution in [0.15, 0.2) is 61.2 Å². The van der Waals surface area contributed by atoms with E-state index in [1.54, 1.807) is 17.2 Å². The van der Waals surface area contributed by atoms with Crippen LogP contribution in [0.4, 0.5) is 30.6 Å². The lowest BCUT2D eigenvalue weighted by Gasteiger charge is -2.30. The molecule has 11 nitrogen and oxygen atoms in total. The average Bonchev–Trinajstić information content (AvgIpc) is 3.36. The van der Waals surface area contributed by atoms with Crippen molar-refractivity contribution in [3.63, 3.8) is 0 Å². The van der Waals surface area contributed by atoms with Crippen LogP contribution in [0, 0.1) is 6.92 Å². The molecule has 0 bridgehead atoms. The maximum Gasteiger partial charge on any atom is 0.490 e. The van der Waals surface area contributed by atoms with Crippen molar-refractivity contribution in [1.29, 1.82) is 0 Å². The molecule has 14 heteroatoms. The van der Waals surface area contributed by atoms with E-state index in [4.69, 9.17) is 9.90 Å². The summed E-state index contributed by atoms with van der Waals surface area (Å²) in [6.07, 6.45) is 1.55. The number of halogens is 3. The van der Waals surface area contributed by atoms with Gasteiger partial charge >= 0.3 is 12.1 Å². The zero-order valence-electron chi connectivity index (χ0n) is 20.7. The molecule has 0 amide bonds. The molecule has 1 aromatic carbocycles. The Kier molecular flexibility index (Phi) is 8.34. The van der Waals surface area contributed by atoms with Crippen molar-refractivity contribution in [3.05, 3.63) is 67.0 Å². The van der Waals surface area contributed by atoms with Gasteiger partial charge in [0.05, 0.1) is 17.5 Å². The quantitative estimate of drug-likeness (QED) is 0.341. The number of aryl methyl sites for hydroxylation is 1. The minimum absolute atomic E-state index is 0.194. The number of aromatic nitrogens is 6. The number of anilines is 3. The lowest BCUT2D eigenvalue weighted by molar-refractivity contribution is -0.192. The van der Waals surface area contributed by atoms with Gasteiger partial charge in [-0.2, -0.15) is 18.3 Å². The Labute approximate surface area is 221 Å². The zero-order chi connectivity index (χ0) is 28.0. The van der Waals surface area contributed by atoms with Crippen molar-refractivity contribution in [2.75, 3.05) is 23.3 Å². The van der Waals surface area contributed by atoms with Gasteiger partial charge in [-0.05, 0) is 62.2 Å². The third kappa shape index (κ3) is 7.47. The van der Waals surface area contributed by atoms with Gasteiger partial charge in [0.1, 0.15) is 18.0 Å². The third-order valence-electron chi connectivity index (χ3n) is 5.72. The topological polar surface area (TPSA) is 142 Å². The maximum atomic E-state index is 10.6. The monoisotopic (exact) mass is 542 g/mol. The summed E-state index contributed by atoms with van der Waals surface area (Å²) in [4.78, 5) is 28.8. The Hall–Kier alpha value is -4.59. The Morgan fingerprint density at radius 1 is 1.03 bits per heavy atom. The van der Waals surface area contributed by atoms with Crippen molar-refractivity contribution in [2.24, 2.45) is 0 Å². The second-order valence-corrected chi connectivity index (χ2v) is 8.60. The molecule has 204 valence electrons. The molecular weight excluding hydrogens is 517 g/mol. The van der Waals surface area contributed by atoms with Gasteiger partial charge < -0.3 is 20.4 Å². The molecule has 4 aromatic rings. The van der Waals surface area contributed by atoms with Gasteiger partial charge in [0.25, 0.3) is 0 Å². The molecule has 4 heterocycles. The highest BCUT2D eigenvalue weighted by Gasteiger charge is 2.38. The predicted molar refractivity (Wildman–Crippen MR) is 136 cm³/mol. The van der Waals surface area contributed by atoms with E-state index in [-0.39, 0.29) is 6.10 Å². The number of alkyl halides is 3. The molecule has 3 aromatic heterocycles. The number of piperidine rings is 1. The van der Waals surface area contributed by atoms with Crippen molar-refractivity contribution < 1.29 is 28.2 Å². The van der Waals surface area contributed by atoms with E-state index in [2.05, 4.69) is 35.3 Å². The number of benzene rings is 1. The SMILES string of the molecule is Cc1ncn(-c2ccc(Nc3nccc(-c4ccc(N5CCC(O)CC5)nc4)n3)cc2)n1.O=C(O)C(F)(F)F. The standard InChI is InChI=1S/C23H24N8O.C2HF3O2/c1-16-26-15-31(29-16)19-5-3-18(4-6-19)27-23-24-11-8-21(28-23)17-2-7-22(25-14-17)30-12-9-20(32)10-13-30;3-2(4,5)1(6)7/h2-8,11,14-15,20,32H,9-10,12-13H2,1H3,(H,24,27,28);(H,6,7). The summed E-state index contributed by atoms with van der Waals surface area (Å²) in [5, 5.41) is 24.4. The number of nitrogens with one attached hydrogen (secondary N) is 1. The average molecular weight is 543 g/mol. The molecule has 0 atom stereocenters. The normalized spacial score (nSPS) is 13.9. The second-order valence-electron chi connectivity index (χ2n) is 8.60. The Morgan fingerprint density at radius 3 is 2.28 bits per heavy atom. The largest absolute Gasteiger partial charge is 0.490 e. The van der Waals surface area contributed by atoms with Crippen molar-refractivity contribution in [3.8, 4) is 16.9 Å². The van der Waals surface area contributed by atoms with E-state index >= 15 is 0 Å². The van der Waals surface area contributed by atoms with Crippen LogP contribution in [0.3, 0.4) is 0 Å². The molecule has 0 radical (unpaired) electrons. The number of carboxylic acid groups (broad SMARTS) is 1. The summed E-state index contributed by atoms with van der Waals surface area (Å²) < 4.78 is 33.5. The molecule has 3 N–H and O–H groups in total. The number of carboxylic acids is 1. The Morgan fingerprint density at radius 2 is 1.72 bits per heavy atom. The summed E-state index contributed by atoms with van der Waals surface area (Å²) in [5.74, 6) is -0.584. The number of nitrogens with zero attached hydrogens (tertiary/aromatic N) is 7. The molecule has 39 heavy (non-hydrogen) atoms. The third-order valence-corrected chi connectivity index (χ3v) is 5.72. The smallest absolute Gasteiger partial charge is 0.475 e. The van der Waals surface area contributed by atoms with Crippen LogP contribution < -0.4 is 10.2 Å². The summed E-state index contributed by atoms with van der Waals surface area (Å²) in [6.45, 7) is 3.51. The summed E-state index contributed by atoms with van der Waals surface area (Å²) in [5.41, 5.74) is 3.53. The fourth-order valence-corrected chi connectivity index (χ4v) is 3.70. The lowest BCUT2D eigenvalue weighted by atomic mass is 10.1. The maximum absolute atomic E-state index is 10.6. The first kappa shape index (κ1) is 27.4. The summed E-state index contributed by atoms with van der Waals surface area (Å²) >= 11 is 0. The molecular formula is C25H25F3N8O3. The van der Waals surface area contributed by atoms with Gasteiger partial charge in [-0.3, -0.25) is 0 Å². The van der Waals surface area contributed by atoms with Gasteiger partial charge in [-0.1, -0.05) is 0 Å². The summed E-state index contributed by atoms with van der Waals surface area (Å²) in [7, 11) is 0. The fraction of sp³-hybridized carbons (Fsp3) is 0.280. The number of pyridine rings is 1. The number of hydrogen-bond acceptors (Lipinski definition) is 9. The highest BCUT2D eigenvalue weighted by molar-refractivity contribution is 5.73. The minimum atomic E-state index is -5.08. The van der Waals surface area contributed by atoms with Gasteiger partial charge in [0.15, 0.2) is 0 Å². The van der Waals surface area contributed by atoms with E-state index in [9.17, 15) is 18.3 Å². The van der Waals surface area contributed by atoms with E-state index < -0.39 is 12.1 Å². The fourth-order valence-electron chi connectivity index (χ4n) is 3.70. The number of aliphatic hydroxyl groups excluding tert-OH is 1. The minimum Gasteiger partial charge on any atom is -0.475 e. The van der Waals surface area contributed by atoms with E-state index in [0.29, 0.717) is 5.95 Å². The van der Waals surface area contributed by atoms with Gasteiger partial charge in [0.2, 0.25) is 5.95 Å². The number of aliphatic hydroxyl groups is 1. The first-order valence-electron chi connectivity index (χ1n) is 11.9. The number of hydrogen-bond donors (Lipinski definition) is 3. The highest BCUT2D eigenvalue weighted by Crippen LogP contribution is 2.23. The van der Waals surface area contributed by atoms with Crippen LogP contribution in [0.5, 0.6) is 0 Å². The molecule has 1 saturated heterocycles. The first-order chi connectivity index (χ1) is 18.6. The van der Waals surface area contributed by atoms with E-state index in [0.717, 1.165) is 60.2 Å². The predicted octanol–water partition coefficient (Wildman–Crippen LogP) is 3.77. The molecule has 1 aliphatic heterocycles. The van der Waals surface area contributed by atoms with Gasteiger partial charge in [-0.25, -0.2) is 29.4 Å². The number of rotatable bonds is 5. The van der Waals surface area contributed by atoms with Crippen molar-refractivity contribution >= 4 is 23.4 Å². The molecule has 1 aliphatic rings. The van der Waals surface area contributed by atoms with Crippen LogP contribution in [-0.2, 0) is 4.79 Å². The Balaban J connectivity index is 0.000000448. The van der Waals surface area contributed by atoms with Gasteiger partial charge in [-0.15, -0.1) is 0 Å². The molecule has 0 saturated carbocycles. The second kappa shape index (κ2) is 11.9. The van der Waals surface area contributed by atoms with E-state index in [1.165, 1.54) is 0 Å². The van der Waals surface area contributed by atoms with Crippen molar-refractivity contribution in [1.82, 2.24) is 29.7 Å². The zero-order valence-corrected chi connectivity index (χ0v) is 20.7.